The number of anilines is 1. The number of carbonyl (C=O) groups excluding carboxylic acids is 2. The number of carbonyl (C=O) groups is 2. The normalized spacial score (nSPS) is 19.5. The first kappa shape index (κ1) is 23.6. The molecule has 0 unspecified atom stereocenters. The zero-order chi connectivity index (χ0) is 22.5. The summed E-state index contributed by atoms with van der Waals surface area (Å²) < 4.78 is 0. The summed E-state index contributed by atoms with van der Waals surface area (Å²) in [6.07, 6.45) is 4.30. The molecule has 166 valence electrons. The van der Waals surface area contributed by atoms with E-state index in [-0.39, 0.29) is 23.7 Å². The van der Waals surface area contributed by atoms with E-state index in [0.717, 1.165) is 30.4 Å². The Labute approximate surface area is 194 Å². The minimum atomic E-state index is -0.906. The zero-order valence-corrected chi connectivity index (χ0v) is 19.8. The summed E-state index contributed by atoms with van der Waals surface area (Å²) in [5.74, 6) is -0.422. The Bertz CT molecular complexity index is 947. The molecule has 1 aliphatic carbocycles. The highest BCUT2D eigenvalue weighted by Crippen LogP contribution is 2.34. The van der Waals surface area contributed by atoms with E-state index < -0.39 is 6.04 Å². The van der Waals surface area contributed by atoms with E-state index >= 15 is 0 Å². The SMILES string of the molecule is Cc1ccc(N(C(=O)CCl)[C@H](C(=O)N[C@@H]2CCCC[C@H]2C)c2ccccc2Cl)cc1C. The molecular formula is C25H30Cl2N2O2. The number of nitrogens with zero attached hydrogens (tertiary/aromatic N) is 1. The number of aryl methyl sites for hydroxylation is 2. The fraction of sp³-hybridized carbons (Fsp3) is 0.440. The van der Waals surface area contributed by atoms with Gasteiger partial charge in [0.15, 0.2) is 0 Å². The summed E-state index contributed by atoms with van der Waals surface area (Å²) in [5.41, 5.74) is 3.35. The van der Waals surface area contributed by atoms with Crippen molar-refractivity contribution in [1.82, 2.24) is 5.32 Å². The predicted molar refractivity (Wildman–Crippen MR) is 128 cm³/mol. The summed E-state index contributed by atoms with van der Waals surface area (Å²) >= 11 is 12.5. The van der Waals surface area contributed by atoms with E-state index in [2.05, 4.69) is 12.2 Å². The van der Waals surface area contributed by atoms with Gasteiger partial charge >= 0.3 is 0 Å². The maximum absolute atomic E-state index is 13.7. The Balaban J connectivity index is 2.07. The van der Waals surface area contributed by atoms with Gasteiger partial charge in [0.2, 0.25) is 11.8 Å². The van der Waals surface area contributed by atoms with E-state index in [1.807, 2.05) is 44.2 Å². The number of halogens is 2. The first-order valence-electron chi connectivity index (χ1n) is 10.8. The fourth-order valence-corrected chi connectivity index (χ4v) is 4.63. The standard InChI is InChI=1S/C25H30Cl2N2O2/c1-16-12-13-19(14-18(16)3)29(23(30)15-26)24(20-9-5-6-10-21(20)27)25(31)28-22-11-7-4-8-17(22)2/h5-6,9-10,12-14,17,22,24H,4,7-8,11,15H2,1-3H3,(H,28,31)/t17-,22-,24+/m1/s1. The van der Waals surface area contributed by atoms with E-state index in [4.69, 9.17) is 23.2 Å². The molecule has 1 saturated carbocycles. The second kappa shape index (κ2) is 10.5. The molecule has 3 rings (SSSR count). The number of hydrogen-bond donors (Lipinski definition) is 1. The molecule has 0 spiro atoms. The van der Waals surface area contributed by atoms with E-state index in [1.165, 1.54) is 11.3 Å². The van der Waals surface area contributed by atoms with Crippen molar-refractivity contribution in [2.24, 2.45) is 5.92 Å². The molecule has 3 atom stereocenters. The highest BCUT2D eigenvalue weighted by molar-refractivity contribution is 6.32. The number of benzene rings is 2. The summed E-state index contributed by atoms with van der Waals surface area (Å²) in [5, 5.41) is 3.66. The van der Waals surface area contributed by atoms with Crippen LogP contribution in [0.25, 0.3) is 0 Å². The van der Waals surface area contributed by atoms with Crippen LogP contribution >= 0.6 is 23.2 Å². The predicted octanol–water partition coefficient (Wildman–Crippen LogP) is 5.96. The van der Waals surface area contributed by atoms with Gasteiger partial charge in [-0.15, -0.1) is 11.6 Å². The molecule has 0 heterocycles. The second-order valence-electron chi connectivity index (χ2n) is 8.47. The van der Waals surface area contributed by atoms with Gasteiger partial charge in [0, 0.05) is 22.3 Å². The van der Waals surface area contributed by atoms with Crippen LogP contribution < -0.4 is 10.2 Å². The third-order valence-corrected chi connectivity index (χ3v) is 6.87. The lowest BCUT2D eigenvalue weighted by Gasteiger charge is -2.35. The second-order valence-corrected chi connectivity index (χ2v) is 9.14. The van der Waals surface area contributed by atoms with Gasteiger partial charge < -0.3 is 5.32 Å². The molecule has 2 aromatic carbocycles. The average Bonchev–Trinajstić information content (AvgIpc) is 2.76. The maximum Gasteiger partial charge on any atom is 0.248 e. The molecule has 0 saturated heterocycles. The third-order valence-electron chi connectivity index (χ3n) is 6.30. The highest BCUT2D eigenvalue weighted by Gasteiger charge is 2.35. The largest absolute Gasteiger partial charge is 0.351 e. The van der Waals surface area contributed by atoms with Crippen LogP contribution in [0.2, 0.25) is 5.02 Å². The van der Waals surface area contributed by atoms with Crippen molar-refractivity contribution in [2.75, 3.05) is 10.8 Å². The van der Waals surface area contributed by atoms with Crippen molar-refractivity contribution in [3.05, 3.63) is 64.2 Å². The maximum atomic E-state index is 13.7. The average molecular weight is 461 g/mol. The van der Waals surface area contributed by atoms with Crippen LogP contribution in [0, 0.1) is 19.8 Å². The molecule has 1 N–H and O–H groups in total. The topological polar surface area (TPSA) is 49.4 Å². The van der Waals surface area contributed by atoms with Crippen LogP contribution in [0.5, 0.6) is 0 Å². The van der Waals surface area contributed by atoms with Gasteiger partial charge in [0.05, 0.1) is 0 Å². The van der Waals surface area contributed by atoms with Crippen molar-refractivity contribution < 1.29 is 9.59 Å². The summed E-state index contributed by atoms with van der Waals surface area (Å²) in [6.45, 7) is 6.16. The number of rotatable bonds is 6. The molecule has 6 heteroatoms. The first-order valence-corrected chi connectivity index (χ1v) is 11.7. The van der Waals surface area contributed by atoms with Gasteiger partial charge in [0.25, 0.3) is 0 Å². The molecule has 1 aliphatic rings. The quantitative estimate of drug-likeness (QED) is 0.540. The molecule has 4 nitrogen and oxygen atoms in total. The van der Waals surface area contributed by atoms with E-state index in [9.17, 15) is 9.59 Å². The Hall–Kier alpha value is -2.04. The van der Waals surface area contributed by atoms with Crippen LogP contribution in [-0.2, 0) is 9.59 Å². The molecule has 31 heavy (non-hydrogen) atoms. The van der Waals surface area contributed by atoms with Gasteiger partial charge in [-0.1, -0.05) is 55.6 Å². The van der Waals surface area contributed by atoms with Gasteiger partial charge in [-0.05, 0) is 61.9 Å². The zero-order valence-electron chi connectivity index (χ0n) is 18.3. The number of amides is 2. The van der Waals surface area contributed by atoms with Crippen LogP contribution in [0.4, 0.5) is 5.69 Å². The van der Waals surface area contributed by atoms with Crippen LogP contribution in [-0.4, -0.2) is 23.7 Å². The third kappa shape index (κ3) is 5.42. The van der Waals surface area contributed by atoms with Crippen molar-refractivity contribution in [3.8, 4) is 0 Å². The molecule has 2 amide bonds. The number of nitrogens with one attached hydrogen (secondary N) is 1. The summed E-state index contributed by atoms with van der Waals surface area (Å²) in [4.78, 5) is 28.2. The Morgan fingerprint density at radius 3 is 2.45 bits per heavy atom. The fourth-order valence-electron chi connectivity index (χ4n) is 4.26. The number of hydrogen-bond acceptors (Lipinski definition) is 2. The molecule has 0 radical (unpaired) electrons. The Morgan fingerprint density at radius 1 is 1.10 bits per heavy atom. The van der Waals surface area contributed by atoms with E-state index in [1.54, 1.807) is 12.1 Å². The van der Waals surface area contributed by atoms with Crippen molar-refractivity contribution in [2.45, 2.75) is 58.5 Å². The number of alkyl halides is 1. The molecule has 1 fully saturated rings. The lowest BCUT2D eigenvalue weighted by Crippen LogP contribution is -2.49. The highest BCUT2D eigenvalue weighted by atomic mass is 35.5. The van der Waals surface area contributed by atoms with Gasteiger partial charge in [0.1, 0.15) is 11.9 Å². The van der Waals surface area contributed by atoms with Crippen molar-refractivity contribution in [1.29, 1.82) is 0 Å². The molecule has 0 aromatic heterocycles. The Kier molecular flexibility index (Phi) is 8.01. The Morgan fingerprint density at radius 2 is 1.81 bits per heavy atom. The summed E-state index contributed by atoms with van der Waals surface area (Å²) in [7, 11) is 0. The van der Waals surface area contributed by atoms with Crippen LogP contribution in [0.15, 0.2) is 42.5 Å². The van der Waals surface area contributed by atoms with Crippen molar-refractivity contribution >= 4 is 40.7 Å². The smallest absolute Gasteiger partial charge is 0.248 e. The molecule has 0 aliphatic heterocycles. The minimum absolute atomic E-state index is 0.0824. The molecule has 0 bridgehead atoms. The summed E-state index contributed by atoms with van der Waals surface area (Å²) in [6, 6.07) is 12.1. The van der Waals surface area contributed by atoms with Crippen molar-refractivity contribution in [3.63, 3.8) is 0 Å². The van der Waals surface area contributed by atoms with Crippen LogP contribution in [0.3, 0.4) is 0 Å². The molecular weight excluding hydrogens is 431 g/mol. The lowest BCUT2D eigenvalue weighted by molar-refractivity contribution is -0.126. The van der Waals surface area contributed by atoms with Gasteiger partial charge in [-0.3, -0.25) is 14.5 Å². The molecule has 2 aromatic rings. The monoisotopic (exact) mass is 460 g/mol. The van der Waals surface area contributed by atoms with Gasteiger partial charge in [-0.25, -0.2) is 0 Å². The van der Waals surface area contributed by atoms with Crippen LogP contribution in [0.1, 0.15) is 55.3 Å². The minimum Gasteiger partial charge on any atom is -0.351 e. The van der Waals surface area contributed by atoms with E-state index in [0.29, 0.717) is 22.2 Å². The first-order chi connectivity index (χ1) is 14.8. The lowest BCUT2D eigenvalue weighted by atomic mass is 9.85. The van der Waals surface area contributed by atoms with Gasteiger partial charge in [-0.2, -0.15) is 0 Å².